The number of H-pyrrole nitrogens is 1. The van der Waals surface area contributed by atoms with E-state index >= 15 is 0 Å². The lowest BCUT2D eigenvalue weighted by Crippen LogP contribution is -2.36. The van der Waals surface area contributed by atoms with E-state index in [1.165, 1.54) is 11.3 Å². The number of methoxy groups -OCH3 is 2. The number of benzene rings is 2. The van der Waals surface area contributed by atoms with E-state index in [9.17, 15) is 9.59 Å². The molecule has 0 atom stereocenters. The molecule has 30 heavy (non-hydrogen) atoms. The van der Waals surface area contributed by atoms with E-state index in [2.05, 4.69) is 22.4 Å². The molecule has 1 aliphatic heterocycles. The largest absolute Gasteiger partial charge is 0.493 e. The van der Waals surface area contributed by atoms with Crippen LogP contribution >= 0.6 is 0 Å². The number of nitrogens with one attached hydrogen (secondary N) is 2. The van der Waals surface area contributed by atoms with Crippen molar-refractivity contribution >= 4 is 28.4 Å². The molecule has 2 heterocycles. The maximum atomic E-state index is 12.7. The summed E-state index contributed by atoms with van der Waals surface area (Å²) in [5.41, 5.74) is 4.09. The lowest BCUT2D eigenvalue weighted by molar-refractivity contribution is -0.133. The first kappa shape index (κ1) is 19.8. The van der Waals surface area contributed by atoms with Crippen molar-refractivity contribution in [1.29, 1.82) is 0 Å². The van der Waals surface area contributed by atoms with E-state index in [1.807, 2.05) is 17.0 Å². The van der Waals surface area contributed by atoms with Crippen LogP contribution in [-0.4, -0.2) is 42.5 Å². The summed E-state index contributed by atoms with van der Waals surface area (Å²) < 4.78 is 10.4. The Bertz CT molecular complexity index is 1090. The van der Waals surface area contributed by atoms with Crippen LogP contribution in [0, 0.1) is 0 Å². The molecule has 1 aliphatic rings. The van der Waals surface area contributed by atoms with Gasteiger partial charge in [-0.2, -0.15) is 0 Å². The van der Waals surface area contributed by atoms with Crippen LogP contribution in [0.1, 0.15) is 24.1 Å². The predicted octanol–water partition coefficient (Wildman–Crippen LogP) is 3.49. The average Bonchev–Trinajstić information content (AvgIpc) is 3.15. The number of aromatic nitrogens is 1. The van der Waals surface area contributed by atoms with Gasteiger partial charge < -0.3 is 24.7 Å². The number of fused-ring (bicyclic) bond motifs is 3. The zero-order valence-electron chi connectivity index (χ0n) is 17.2. The minimum atomic E-state index is -0.208. The molecule has 2 aromatic carbocycles. The zero-order valence-corrected chi connectivity index (χ0v) is 17.2. The molecule has 0 fully saturated rings. The Morgan fingerprint density at radius 2 is 1.87 bits per heavy atom. The molecule has 0 spiro atoms. The van der Waals surface area contributed by atoms with Crippen molar-refractivity contribution < 1.29 is 19.1 Å². The molecule has 3 aromatic rings. The minimum Gasteiger partial charge on any atom is -0.493 e. The van der Waals surface area contributed by atoms with Gasteiger partial charge in [-0.15, -0.1) is 0 Å². The molecule has 0 radical (unpaired) electrons. The normalized spacial score (nSPS) is 13.1. The number of rotatable bonds is 6. The van der Waals surface area contributed by atoms with Gasteiger partial charge in [-0.3, -0.25) is 9.59 Å². The van der Waals surface area contributed by atoms with Crippen LogP contribution in [0.2, 0.25) is 0 Å². The smallest absolute Gasteiger partial charge is 0.224 e. The molecule has 2 amide bonds. The van der Waals surface area contributed by atoms with Crippen LogP contribution < -0.4 is 14.8 Å². The molecular formula is C23H25N3O4. The van der Waals surface area contributed by atoms with Gasteiger partial charge in [0.2, 0.25) is 11.8 Å². The first-order valence-electron chi connectivity index (χ1n) is 9.97. The third kappa shape index (κ3) is 3.96. The molecule has 7 nitrogen and oxygen atoms in total. The standard InChI is InChI=1S/C23H25N3O4/c1-29-20-8-7-15(13-21(20)30-2)24-22(27)9-10-23(28)26-12-11-19-17(14-26)16-5-3-4-6-18(16)25-19/h3-8,13,25H,9-12,14H2,1-2H3,(H,24,27). The lowest BCUT2D eigenvalue weighted by atomic mass is 10.0. The van der Waals surface area contributed by atoms with Gasteiger partial charge in [-0.25, -0.2) is 0 Å². The van der Waals surface area contributed by atoms with Gasteiger partial charge >= 0.3 is 0 Å². The van der Waals surface area contributed by atoms with Crippen LogP contribution in [0.4, 0.5) is 5.69 Å². The maximum absolute atomic E-state index is 12.7. The second kappa shape index (κ2) is 8.49. The average molecular weight is 407 g/mol. The van der Waals surface area contributed by atoms with Crippen molar-refractivity contribution in [2.75, 3.05) is 26.1 Å². The fourth-order valence-corrected chi connectivity index (χ4v) is 3.90. The molecule has 0 saturated heterocycles. The summed E-state index contributed by atoms with van der Waals surface area (Å²) >= 11 is 0. The predicted molar refractivity (Wildman–Crippen MR) is 115 cm³/mol. The number of ether oxygens (including phenoxy) is 2. The second-order valence-corrected chi connectivity index (χ2v) is 7.31. The van der Waals surface area contributed by atoms with Crippen LogP contribution in [-0.2, 0) is 22.6 Å². The Balaban J connectivity index is 1.34. The van der Waals surface area contributed by atoms with E-state index in [4.69, 9.17) is 9.47 Å². The first-order chi connectivity index (χ1) is 14.6. The van der Waals surface area contributed by atoms with Gasteiger partial charge in [0.1, 0.15) is 0 Å². The van der Waals surface area contributed by atoms with Gasteiger partial charge in [0.15, 0.2) is 11.5 Å². The number of carbonyl (C=O) groups excluding carboxylic acids is 2. The summed E-state index contributed by atoms with van der Waals surface area (Å²) in [7, 11) is 3.10. The van der Waals surface area contributed by atoms with E-state index in [0.29, 0.717) is 30.3 Å². The fourth-order valence-electron chi connectivity index (χ4n) is 3.90. The quantitative estimate of drug-likeness (QED) is 0.655. The van der Waals surface area contributed by atoms with E-state index in [1.54, 1.807) is 32.4 Å². The molecule has 4 rings (SSSR count). The molecule has 0 bridgehead atoms. The van der Waals surface area contributed by atoms with Crippen LogP contribution in [0.3, 0.4) is 0 Å². The Hall–Kier alpha value is -3.48. The summed E-state index contributed by atoms with van der Waals surface area (Å²) in [6.07, 6.45) is 1.11. The zero-order chi connectivity index (χ0) is 21.1. The highest BCUT2D eigenvalue weighted by molar-refractivity contribution is 5.93. The third-order valence-electron chi connectivity index (χ3n) is 5.47. The number of hydrogen-bond donors (Lipinski definition) is 2. The van der Waals surface area contributed by atoms with Crippen LogP contribution in [0.25, 0.3) is 10.9 Å². The first-order valence-corrected chi connectivity index (χ1v) is 9.97. The number of amides is 2. The van der Waals surface area contributed by atoms with Gasteiger partial charge in [-0.1, -0.05) is 18.2 Å². The van der Waals surface area contributed by atoms with E-state index in [0.717, 1.165) is 17.3 Å². The van der Waals surface area contributed by atoms with Crippen LogP contribution in [0.15, 0.2) is 42.5 Å². The van der Waals surface area contributed by atoms with Crippen LogP contribution in [0.5, 0.6) is 11.5 Å². The van der Waals surface area contributed by atoms with Gasteiger partial charge in [0.25, 0.3) is 0 Å². The molecular weight excluding hydrogens is 382 g/mol. The number of para-hydroxylation sites is 1. The van der Waals surface area contributed by atoms with Gasteiger partial charge in [-0.05, 0) is 18.2 Å². The van der Waals surface area contributed by atoms with Crippen molar-refractivity contribution in [2.45, 2.75) is 25.8 Å². The number of anilines is 1. The Labute approximate surface area is 175 Å². The van der Waals surface area contributed by atoms with E-state index < -0.39 is 0 Å². The molecule has 2 N–H and O–H groups in total. The SMILES string of the molecule is COc1ccc(NC(=O)CCC(=O)N2CCc3[nH]c4ccccc4c3C2)cc1OC. The topological polar surface area (TPSA) is 83.7 Å². The highest BCUT2D eigenvalue weighted by Crippen LogP contribution is 2.30. The molecule has 1 aromatic heterocycles. The Kier molecular flexibility index (Phi) is 5.61. The van der Waals surface area contributed by atoms with Crippen molar-refractivity contribution in [1.82, 2.24) is 9.88 Å². The van der Waals surface area contributed by atoms with Gasteiger partial charge in [0, 0.05) is 66.3 Å². The summed E-state index contributed by atoms with van der Waals surface area (Å²) in [6, 6.07) is 13.3. The number of aromatic amines is 1. The molecule has 0 saturated carbocycles. The summed E-state index contributed by atoms with van der Waals surface area (Å²) in [5.74, 6) is 0.912. The Morgan fingerprint density at radius 1 is 1.07 bits per heavy atom. The molecule has 0 aliphatic carbocycles. The van der Waals surface area contributed by atoms with Crippen molar-refractivity contribution in [2.24, 2.45) is 0 Å². The van der Waals surface area contributed by atoms with Gasteiger partial charge in [0.05, 0.1) is 14.2 Å². The van der Waals surface area contributed by atoms with Crippen molar-refractivity contribution in [3.63, 3.8) is 0 Å². The lowest BCUT2D eigenvalue weighted by Gasteiger charge is -2.27. The number of nitrogens with zero attached hydrogens (tertiary/aromatic N) is 1. The van der Waals surface area contributed by atoms with Crippen molar-refractivity contribution in [3.05, 3.63) is 53.7 Å². The Morgan fingerprint density at radius 3 is 2.67 bits per heavy atom. The summed E-state index contributed by atoms with van der Waals surface area (Å²) in [4.78, 5) is 30.3. The van der Waals surface area contributed by atoms with E-state index in [-0.39, 0.29) is 24.7 Å². The summed E-state index contributed by atoms with van der Waals surface area (Å²) in [5, 5.41) is 3.97. The number of carbonyl (C=O) groups is 2. The molecule has 7 heteroatoms. The van der Waals surface area contributed by atoms with Crippen molar-refractivity contribution in [3.8, 4) is 11.5 Å². The monoisotopic (exact) mass is 407 g/mol. The number of hydrogen-bond acceptors (Lipinski definition) is 4. The second-order valence-electron chi connectivity index (χ2n) is 7.31. The minimum absolute atomic E-state index is 0.00612. The highest BCUT2D eigenvalue weighted by atomic mass is 16.5. The third-order valence-corrected chi connectivity index (χ3v) is 5.47. The highest BCUT2D eigenvalue weighted by Gasteiger charge is 2.24. The molecule has 0 unspecified atom stereocenters. The fraction of sp³-hybridized carbons (Fsp3) is 0.304. The maximum Gasteiger partial charge on any atom is 0.224 e. The summed E-state index contributed by atoms with van der Waals surface area (Å²) in [6.45, 7) is 1.24. The molecule has 156 valence electrons.